The normalized spacial score (nSPS) is 16.0. The minimum atomic E-state index is -0.647. The molecular formula is C82H51NO. The highest BCUT2D eigenvalue weighted by Crippen LogP contribution is 2.70. The lowest BCUT2D eigenvalue weighted by Crippen LogP contribution is -2.26. The Balaban J connectivity index is 0.00000520. The third-order valence-electron chi connectivity index (χ3n) is 20.3. The van der Waals surface area contributed by atoms with Crippen molar-refractivity contribution in [1.82, 2.24) is 0 Å². The lowest BCUT2D eigenvalue weighted by molar-refractivity contribution is 0.669. The van der Waals surface area contributed by atoms with E-state index in [1.165, 1.54) is 134 Å². The van der Waals surface area contributed by atoms with Gasteiger partial charge in [0.1, 0.15) is 11.2 Å². The van der Waals surface area contributed by atoms with Crippen LogP contribution in [0.1, 0.15) is 74.2 Å². The molecule has 0 N–H and O–H groups in total. The van der Waals surface area contributed by atoms with Crippen LogP contribution in [0.3, 0.4) is 0 Å². The molecule has 0 radical (unpaired) electrons. The van der Waals surface area contributed by atoms with Gasteiger partial charge in [-0.1, -0.05) is 268 Å². The maximum absolute atomic E-state index is 7.01. The van der Waals surface area contributed by atoms with Gasteiger partial charge in [-0.3, -0.25) is 0 Å². The van der Waals surface area contributed by atoms with Gasteiger partial charge in [-0.15, -0.1) is 0 Å². The van der Waals surface area contributed by atoms with E-state index in [1.807, 2.05) is 0 Å². The van der Waals surface area contributed by atoms with Crippen molar-refractivity contribution in [3.63, 3.8) is 0 Å². The number of hydrogen-bond acceptors (Lipinski definition) is 2. The predicted octanol–water partition coefficient (Wildman–Crippen LogP) is 20.7. The summed E-state index contributed by atoms with van der Waals surface area (Å²) >= 11 is 0. The van der Waals surface area contributed by atoms with Gasteiger partial charge in [0.05, 0.1) is 33.3 Å². The molecule has 6 aliphatic rings. The number of benzene rings is 13. The molecule has 0 fully saturated rings. The van der Waals surface area contributed by atoms with E-state index in [4.69, 9.17) is 4.42 Å². The molecule has 0 saturated carbocycles. The van der Waals surface area contributed by atoms with Gasteiger partial charge >= 0.3 is 0 Å². The number of hydrogen-bond donors (Lipinski definition) is 0. The summed E-state index contributed by atoms with van der Waals surface area (Å²) in [5, 5.41) is 2.28. The fourth-order valence-electron chi connectivity index (χ4n) is 17.6. The van der Waals surface area contributed by atoms with Gasteiger partial charge in [0.15, 0.2) is 0 Å². The fourth-order valence-corrected chi connectivity index (χ4v) is 17.6. The zero-order valence-electron chi connectivity index (χ0n) is 45.0. The fraction of sp³-hybridized carbons (Fsp3) is 0.0488. The number of para-hydroxylation sites is 1. The van der Waals surface area contributed by atoms with Crippen molar-refractivity contribution in [2.75, 3.05) is 4.90 Å². The molecule has 0 bridgehead atoms. The summed E-state index contributed by atoms with van der Waals surface area (Å²) < 4.78 is 7.01. The van der Waals surface area contributed by atoms with Gasteiger partial charge in [0.2, 0.25) is 0 Å². The third-order valence-corrected chi connectivity index (χ3v) is 20.3. The second-order valence-corrected chi connectivity index (χ2v) is 23.5. The predicted molar refractivity (Wildman–Crippen MR) is 344 cm³/mol. The van der Waals surface area contributed by atoms with E-state index in [2.05, 4.69) is 290 Å². The largest absolute Gasteiger partial charge is 0.455 e. The molecule has 0 amide bonds. The summed E-state index contributed by atoms with van der Waals surface area (Å²) in [4.78, 5) is 2.71. The summed E-state index contributed by atoms with van der Waals surface area (Å²) in [5.41, 5.74) is 34.3. The van der Waals surface area contributed by atoms with E-state index < -0.39 is 16.2 Å². The Hall–Kier alpha value is -10.5. The second-order valence-electron chi connectivity index (χ2n) is 23.5. The van der Waals surface area contributed by atoms with Crippen molar-refractivity contribution in [1.29, 1.82) is 0 Å². The average molecular weight is 1070 g/mol. The van der Waals surface area contributed by atoms with Crippen LogP contribution in [0.4, 0.5) is 17.1 Å². The van der Waals surface area contributed by atoms with Crippen LogP contribution in [-0.2, 0) is 16.2 Å². The Labute approximate surface area is 487 Å². The molecule has 390 valence electrons. The topological polar surface area (TPSA) is 16.4 Å². The van der Waals surface area contributed by atoms with E-state index >= 15 is 0 Å². The molecule has 0 aliphatic heterocycles. The molecule has 3 spiro atoms. The van der Waals surface area contributed by atoms with Crippen LogP contribution in [0.25, 0.3) is 88.7 Å². The molecule has 84 heavy (non-hydrogen) atoms. The molecule has 14 aromatic rings. The Morgan fingerprint density at radius 3 is 0.869 bits per heavy atom. The van der Waals surface area contributed by atoms with Gasteiger partial charge in [-0.25, -0.2) is 0 Å². The molecule has 1 aromatic heterocycles. The van der Waals surface area contributed by atoms with Gasteiger partial charge in [-0.2, -0.15) is 0 Å². The van der Waals surface area contributed by atoms with Crippen molar-refractivity contribution in [2.24, 2.45) is 0 Å². The van der Waals surface area contributed by atoms with Gasteiger partial charge in [0.25, 0.3) is 0 Å². The highest BCUT2D eigenvalue weighted by Gasteiger charge is 2.57. The molecule has 2 nitrogen and oxygen atoms in total. The number of anilines is 3. The summed E-state index contributed by atoms with van der Waals surface area (Å²) in [5.74, 6) is 0. The summed E-state index contributed by atoms with van der Waals surface area (Å²) in [6.07, 6.45) is 0. The van der Waals surface area contributed by atoms with Gasteiger partial charge in [0, 0.05) is 33.0 Å². The Morgan fingerprint density at radius 2 is 0.488 bits per heavy atom. The number of fused-ring (bicyclic) bond motifs is 34. The zero-order valence-corrected chi connectivity index (χ0v) is 45.0. The number of rotatable bonds is 3. The van der Waals surface area contributed by atoms with Crippen molar-refractivity contribution in [3.8, 4) is 66.8 Å². The van der Waals surface area contributed by atoms with E-state index in [1.54, 1.807) is 0 Å². The average Bonchev–Trinajstić information content (AvgIpc) is 1.55. The van der Waals surface area contributed by atoms with Crippen LogP contribution in [0.15, 0.2) is 290 Å². The van der Waals surface area contributed by atoms with E-state index in [0.717, 1.165) is 39.0 Å². The SMILES string of the molecule is C.c1ccc2c(c1)-c1ccccc1C21c2ccccc2-c2c(N(c3cccc4c3-c3ccccc3C43c4ccccc4-c4ccccc43)c3cccc4c3-c3ccccc3C43c4ccccc4-c4c3ccc3c4oc4ccccc43)cccc21. The summed E-state index contributed by atoms with van der Waals surface area (Å²) in [6.45, 7) is 0. The minimum absolute atomic E-state index is 0. The molecule has 1 unspecified atom stereocenters. The van der Waals surface area contributed by atoms with Crippen molar-refractivity contribution >= 4 is 39.0 Å². The van der Waals surface area contributed by atoms with Crippen LogP contribution in [0, 0.1) is 0 Å². The van der Waals surface area contributed by atoms with E-state index in [-0.39, 0.29) is 7.43 Å². The number of nitrogens with zero attached hydrogens (tertiary/aromatic N) is 1. The van der Waals surface area contributed by atoms with E-state index in [0.29, 0.717) is 0 Å². The smallest absolute Gasteiger partial charge is 0.143 e. The highest BCUT2D eigenvalue weighted by atomic mass is 16.3. The monoisotopic (exact) mass is 1070 g/mol. The quantitative estimate of drug-likeness (QED) is 0.175. The zero-order chi connectivity index (χ0) is 53.9. The van der Waals surface area contributed by atoms with Crippen LogP contribution in [-0.4, -0.2) is 0 Å². The lowest BCUT2D eigenvalue weighted by atomic mass is 9.70. The first-order valence-corrected chi connectivity index (χ1v) is 29.2. The lowest BCUT2D eigenvalue weighted by Gasteiger charge is -2.34. The van der Waals surface area contributed by atoms with E-state index in [9.17, 15) is 0 Å². The van der Waals surface area contributed by atoms with Crippen molar-refractivity contribution in [2.45, 2.75) is 23.7 Å². The molecule has 2 heteroatoms. The van der Waals surface area contributed by atoms with Crippen LogP contribution in [0.5, 0.6) is 0 Å². The molecule has 20 rings (SSSR count). The summed E-state index contributed by atoms with van der Waals surface area (Å²) in [6, 6.07) is 109. The maximum atomic E-state index is 7.01. The molecule has 1 atom stereocenters. The Bertz CT molecular complexity index is 4980. The van der Waals surface area contributed by atoms with Gasteiger partial charge in [-0.05, 0) is 136 Å². The van der Waals surface area contributed by atoms with Gasteiger partial charge < -0.3 is 9.32 Å². The van der Waals surface area contributed by atoms with Crippen LogP contribution in [0.2, 0.25) is 0 Å². The number of furan rings is 1. The Morgan fingerprint density at radius 1 is 0.214 bits per heavy atom. The van der Waals surface area contributed by atoms with Crippen LogP contribution < -0.4 is 4.90 Å². The van der Waals surface area contributed by atoms with Crippen molar-refractivity contribution < 1.29 is 4.42 Å². The molecule has 13 aromatic carbocycles. The molecule has 0 saturated heterocycles. The first-order chi connectivity index (χ1) is 41.2. The summed E-state index contributed by atoms with van der Waals surface area (Å²) in [7, 11) is 0. The molecular weight excluding hydrogens is 1010 g/mol. The molecule has 1 heterocycles. The highest BCUT2D eigenvalue weighted by molar-refractivity contribution is 6.14. The van der Waals surface area contributed by atoms with Crippen molar-refractivity contribution in [3.05, 3.63) is 352 Å². The maximum Gasteiger partial charge on any atom is 0.143 e. The third kappa shape index (κ3) is 5.11. The first kappa shape index (κ1) is 46.1. The standard InChI is InChI=1S/C81H47NO.CH4/c1-10-31-58-48(22-1)49-23-2-11-32-59(49)79(58)62-35-14-5-27-54(62)74-66(79)39-19-42-70(74)82(71-43-20-40-67-75(71)55-28-6-15-36-63(55)80(67)60-33-12-3-24-50(60)51-25-4-13-34-61(51)80)72-44-21-41-68-76(72)56-29-7-16-37-64(56)81(68)65-38-17-8-30-57(65)77-69(81)47-46-53-52-26-9-18-45-73(52)83-78(53)77;/h1-47H;1H4. The van der Waals surface area contributed by atoms with Crippen LogP contribution >= 0.6 is 0 Å². The molecule has 6 aliphatic carbocycles. The first-order valence-electron chi connectivity index (χ1n) is 29.2. The second kappa shape index (κ2) is 16.1. The minimum Gasteiger partial charge on any atom is -0.455 e. The Kier molecular flexibility index (Phi) is 8.85.